The molecule has 0 saturated heterocycles. The highest BCUT2D eigenvalue weighted by Crippen LogP contribution is 2.22. The Kier molecular flexibility index (Phi) is 7.03. The average Bonchev–Trinajstić information content (AvgIpc) is 2.76. The van der Waals surface area contributed by atoms with Crippen molar-refractivity contribution in [3.63, 3.8) is 0 Å². The number of nitrogens with zero attached hydrogens (tertiary/aromatic N) is 1. The monoisotopic (exact) mass is 212 g/mol. The number of rotatable bonds is 8. The summed E-state index contributed by atoms with van der Waals surface area (Å²) in [6.07, 6.45) is 9.71. The molecule has 0 aromatic rings. The summed E-state index contributed by atoms with van der Waals surface area (Å²) in [4.78, 5) is 2.58. The molecule has 0 heterocycles. The molecule has 0 amide bonds. The lowest BCUT2D eigenvalue weighted by molar-refractivity contribution is 0.240. The highest BCUT2D eigenvalue weighted by molar-refractivity contribution is 4.74. The SMILES string of the molecule is CCCNCCCCN(C)C1CCCC1. The minimum absolute atomic E-state index is 0.897. The van der Waals surface area contributed by atoms with Crippen LogP contribution in [0.2, 0.25) is 0 Å². The van der Waals surface area contributed by atoms with Gasteiger partial charge in [-0.2, -0.15) is 0 Å². The number of unbranched alkanes of at least 4 members (excludes halogenated alkanes) is 1. The normalized spacial score (nSPS) is 17.8. The van der Waals surface area contributed by atoms with Crippen molar-refractivity contribution in [3.8, 4) is 0 Å². The standard InChI is InChI=1S/C13H28N2/c1-3-10-14-11-6-7-12-15(2)13-8-4-5-9-13/h13-14H,3-12H2,1-2H3. The average molecular weight is 212 g/mol. The van der Waals surface area contributed by atoms with Gasteiger partial charge in [0.25, 0.3) is 0 Å². The highest BCUT2D eigenvalue weighted by atomic mass is 15.1. The maximum absolute atomic E-state index is 3.46. The molecule has 1 aliphatic carbocycles. The minimum Gasteiger partial charge on any atom is -0.317 e. The predicted molar refractivity (Wildman–Crippen MR) is 67.3 cm³/mol. The molecule has 1 fully saturated rings. The maximum Gasteiger partial charge on any atom is 0.00922 e. The Morgan fingerprint density at radius 1 is 1.13 bits per heavy atom. The first-order chi connectivity index (χ1) is 7.34. The smallest absolute Gasteiger partial charge is 0.00922 e. The Labute approximate surface area is 95.4 Å². The first-order valence-electron chi connectivity index (χ1n) is 6.75. The van der Waals surface area contributed by atoms with Gasteiger partial charge in [0, 0.05) is 6.04 Å². The zero-order chi connectivity index (χ0) is 10.9. The zero-order valence-corrected chi connectivity index (χ0v) is 10.6. The summed E-state index contributed by atoms with van der Waals surface area (Å²) in [6.45, 7) is 5.89. The summed E-state index contributed by atoms with van der Waals surface area (Å²) in [7, 11) is 2.30. The van der Waals surface area contributed by atoms with Crippen molar-refractivity contribution >= 4 is 0 Å². The largest absolute Gasteiger partial charge is 0.317 e. The number of hydrogen-bond acceptors (Lipinski definition) is 2. The molecule has 2 heteroatoms. The van der Waals surface area contributed by atoms with Crippen LogP contribution in [0.1, 0.15) is 51.9 Å². The second kappa shape index (κ2) is 8.12. The maximum atomic E-state index is 3.46. The molecular weight excluding hydrogens is 184 g/mol. The van der Waals surface area contributed by atoms with Crippen molar-refractivity contribution in [3.05, 3.63) is 0 Å². The van der Waals surface area contributed by atoms with Crippen LogP contribution in [0.3, 0.4) is 0 Å². The van der Waals surface area contributed by atoms with Gasteiger partial charge in [0.2, 0.25) is 0 Å². The quantitative estimate of drug-likeness (QED) is 0.622. The van der Waals surface area contributed by atoms with E-state index in [0.717, 1.165) is 6.04 Å². The van der Waals surface area contributed by atoms with Crippen LogP contribution in [0.5, 0.6) is 0 Å². The van der Waals surface area contributed by atoms with Crippen LogP contribution >= 0.6 is 0 Å². The van der Waals surface area contributed by atoms with E-state index in [2.05, 4.69) is 24.2 Å². The summed E-state index contributed by atoms with van der Waals surface area (Å²) < 4.78 is 0. The molecule has 0 radical (unpaired) electrons. The lowest BCUT2D eigenvalue weighted by Gasteiger charge is -2.23. The number of hydrogen-bond donors (Lipinski definition) is 1. The molecule has 0 spiro atoms. The molecule has 90 valence electrons. The molecule has 2 nitrogen and oxygen atoms in total. The van der Waals surface area contributed by atoms with E-state index >= 15 is 0 Å². The van der Waals surface area contributed by atoms with Crippen LogP contribution in [0, 0.1) is 0 Å². The molecule has 1 saturated carbocycles. The van der Waals surface area contributed by atoms with Crippen LogP contribution in [0.25, 0.3) is 0 Å². The highest BCUT2D eigenvalue weighted by Gasteiger charge is 2.18. The third-order valence-corrected chi connectivity index (χ3v) is 3.49. The molecule has 0 unspecified atom stereocenters. The van der Waals surface area contributed by atoms with Crippen molar-refractivity contribution < 1.29 is 0 Å². The molecule has 0 atom stereocenters. The molecule has 0 bridgehead atoms. The Morgan fingerprint density at radius 2 is 1.87 bits per heavy atom. The molecule has 0 aromatic heterocycles. The van der Waals surface area contributed by atoms with Gasteiger partial charge in [-0.3, -0.25) is 0 Å². The summed E-state index contributed by atoms with van der Waals surface area (Å²) >= 11 is 0. The van der Waals surface area contributed by atoms with Gasteiger partial charge in [0.05, 0.1) is 0 Å². The minimum atomic E-state index is 0.897. The van der Waals surface area contributed by atoms with E-state index in [9.17, 15) is 0 Å². The zero-order valence-electron chi connectivity index (χ0n) is 10.6. The molecule has 1 aliphatic rings. The third kappa shape index (κ3) is 5.53. The van der Waals surface area contributed by atoms with Gasteiger partial charge >= 0.3 is 0 Å². The van der Waals surface area contributed by atoms with Gasteiger partial charge in [-0.05, 0) is 58.8 Å². The second-order valence-corrected chi connectivity index (χ2v) is 4.88. The predicted octanol–water partition coefficient (Wildman–Crippen LogP) is 2.64. The summed E-state index contributed by atoms with van der Waals surface area (Å²) in [5.41, 5.74) is 0. The first-order valence-corrected chi connectivity index (χ1v) is 6.75. The van der Waals surface area contributed by atoms with Crippen molar-refractivity contribution in [2.75, 3.05) is 26.7 Å². The molecule has 0 aromatic carbocycles. The summed E-state index contributed by atoms with van der Waals surface area (Å²) in [5.74, 6) is 0. The van der Waals surface area contributed by atoms with E-state index in [1.807, 2.05) is 0 Å². The molecular formula is C13H28N2. The van der Waals surface area contributed by atoms with Crippen molar-refractivity contribution in [1.82, 2.24) is 10.2 Å². The lowest BCUT2D eigenvalue weighted by atomic mass is 10.2. The van der Waals surface area contributed by atoms with Gasteiger partial charge in [-0.1, -0.05) is 19.8 Å². The van der Waals surface area contributed by atoms with Gasteiger partial charge in [0.1, 0.15) is 0 Å². The van der Waals surface area contributed by atoms with Gasteiger partial charge in [0.15, 0.2) is 0 Å². The van der Waals surface area contributed by atoms with Crippen molar-refractivity contribution in [1.29, 1.82) is 0 Å². The van der Waals surface area contributed by atoms with E-state index in [1.165, 1.54) is 64.6 Å². The van der Waals surface area contributed by atoms with Crippen molar-refractivity contribution in [2.24, 2.45) is 0 Å². The Balaban J connectivity index is 1.90. The van der Waals surface area contributed by atoms with E-state index in [4.69, 9.17) is 0 Å². The van der Waals surface area contributed by atoms with Gasteiger partial charge in [-0.15, -0.1) is 0 Å². The second-order valence-electron chi connectivity index (χ2n) is 4.88. The topological polar surface area (TPSA) is 15.3 Å². The van der Waals surface area contributed by atoms with E-state index in [1.54, 1.807) is 0 Å². The fourth-order valence-electron chi connectivity index (χ4n) is 2.44. The van der Waals surface area contributed by atoms with Crippen LogP contribution in [-0.2, 0) is 0 Å². The molecule has 0 aliphatic heterocycles. The Hall–Kier alpha value is -0.0800. The fourth-order valence-corrected chi connectivity index (χ4v) is 2.44. The molecule has 1 rings (SSSR count). The van der Waals surface area contributed by atoms with Crippen molar-refractivity contribution in [2.45, 2.75) is 57.9 Å². The number of nitrogens with one attached hydrogen (secondary N) is 1. The molecule has 1 N–H and O–H groups in total. The Morgan fingerprint density at radius 3 is 2.53 bits per heavy atom. The van der Waals surface area contributed by atoms with E-state index in [-0.39, 0.29) is 0 Å². The van der Waals surface area contributed by atoms with Crippen LogP contribution in [0.15, 0.2) is 0 Å². The Bertz CT molecular complexity index is 141. The van der Waals surface area contributed by atoms with E-state index in [0.29, 0.717) is 0 Å². The molecule has 15 heavy (non-hydrogen) atoms. The van der Waals surface area contributed by atoms with Gasteiger partial charge in [-0.25, -0.2) is 0 Å². The third-order valence-electron chi connectivity index (χ3n) is 3.49. The summed E-state index contributed by atoms with van der Waals surface area (Å²) in [6, 6.07) is 0.897. The van der Waals surface area contributed by atoms with Crippen LogP contribution in [0.4, 0.5) is 0 Å². The van der Waals surface area contributed by atoms with Gasteiger partial charge < -0.3 is 10.2 Å². The van der Waals surface area contributed by atoms with E-state index < -0.39 is 0 Å². The van der Waals surface area contributed by atoms with Crippen LogP contribution in [-0.4, -0.2) is 37.6 Å². The fraction of sp³-hybridized carbons (Fsp3) is 1.00. The summed E-state index contributed by atoms with van der Waals surface area (Å²) in [5, 5.41) is 3.46. The lowest BCUT2D eigenvalue weighted by Crippen LogP contribution is -2.30. The van der Waals surface area contributed by atoms with Crippen LogP contribution < -0.4 is 5.32 Å². The first kappa shape index (κ1) is 13.0.